The Hall–Kier alpha value is -2.55. The second kappa shape index (κ2) is 5.09. The van der Waals surface area contributed by atoms with Crippen LogP contribution in [0.2, 0.25) is 0 Å². The van der Waals surface area contributed by atoms with Gasteiger partial charge >= 0.3 is 0 Å². The second-order valence-electron chi connectivity index (χ2n) is 5.48. The Morgan fingerprint density at radius 1 is 1.00 bits per heavy atom. The fourth-order valence-corrected chi connectivity index (χ4v) is 2.73. The summed E-state index contributed by atoms with van der Waals surface area (Å²) in [6.45, 7) is 4.23. The maximum Gasteiger partial charge on any atom is 0.0959 e. The van der Waals surface area contributed by atoms with Crippen LogP contribution in [0.3, 0.4) is 0 Å². The van der Waals surface area contributed by atoms with E-state index in [4.69, 9.17) is 5.73 Å². The molecule has 3 aromatic rings. The highest BCUT2D eigenvalue weighted by atomic mass is 15.1. The van der Waals surface area contributed by atoms with Gasteiger partial charge in [-0.2, -0.15) is 0 Å². The molecule has 2 N–H and O–H groups in total. The molecule has 0 aliphatic rings. The van der Waals surface area contributed by atoms with Crippen molar-refractivity contribution in [2.75, 3.05) is 17.7 Å². The summed E-state index contributed by atoms with van der Waals surface area (Å²) in [4.78, 5) is 6.67. The van der Waals surface area contributed by atoms with E-state index in [0.29, 0.717) is 0 Å². The van der Waals surface area contributed by atoms with E-state index in [-0.39, 0.29) is 0 Å². The Bertz CT molecular complexity index is 788. The van der Waals surface area contributed by atoms with E-state index in [1.807, 2.05) is 24.3 Å². The third-order valence-corrected chi connectivity index (χ3v) is 3.74. The lowest BCUT2D eigenvalue weighted by atomic mass is 10.1. The minimum absolute atomic E-state index is 0.760. The van der Waals surface area contributed by atoms with Crippen molar-refractivity contribution in [1.82, 2.24) is 4.98 Å². The largest absolute Gasteiger partial charge is 0.398 e. The molecule has 0 amide bonds. The van der Waals surface area contributed by atoms with Crippen molar-refractivity contribution >= 4 is 28.0 Å². The molecule has 0 aliphatic carbocycles. The Morgan fingerprint density at radius 3 is 2.43 bits per heavy atom. The molecule has 0 fully saturated rings. The van der Waals surface area contributed by atoms with E-state index in [0.717, 1.165) is 28.0 Å². The van der Waals surface area contributed by atoms with Gasteiger partial charge in [-0.25, -0.2) is 0 Å². The highest BCUT2D eigenvalue weighted by Gasteiger charge is 2.11. The number of fused-ring (bicyclic) bond motifs is 1. The fourth-order valence-electron chi connectivity index (χ4n) is 2.73. The molecule has 1 heterocycles. The lowest BCUT2D eigenvalue weighted by Gasteiger charge is -2.22. The molecule has 0 bridgehead atoms. The number of nitrogens with zero attached hydrogens (tertiary/aromatic N) is 2. The number of nitrogens with two attached hydrogens (primary N) is 1. The summed E-state index contributed by atoms with van der Waals surface area (Å²) in [5.74, 6) is 0. The van der Waals surface area contributed by atoms with E-state index in [9.17, 15) is 0 Å². The lowest BCUT2D eigenvalue weighted by molar-refractivity contribution is 1.19. The highest BCUT2D eigenvalue weighted by Crippen LogP contribution is 2.33. The van der Waals surface area contributed by atoms with Crippen LogP contribution in [0.25, 0.3) is 10.9 Å². The first kappa shape index (κ1) is 13.4. The quantitative estimate of drug-likeness (QED) is 0.714. The first-order valence-electron chi connectivity index (χ1n) is 7.01. The molecule has 0 unspecified atom stereocenters. The number of pyridine rings is 1. The summed E-state index contributed by atoms with van der Waals surface area (Å²) in [6.07, 6.45) is 1.81. The van der Waals surface area contributed by atoms with E-state index in [1.54, 1.807) is 6.20 Å². The number of hydrogen-bond donors (Lipinski definition) is 1. The SMILES string of the molecule is Cc1cc(C)cc(N(C)c2ccc(N)c3cccnc23)c1. The predicted molar refractivity (Wildman–Crippen MR) is 90.1 cm³/mol. The molecule has 2 aromatic carbocycles. The van der Waals surface area contributed by atoms with Crippen molar-refractivity contribution in [3.8, 4) is 0 Å². The number of benzene rings is 2. The number of nitrogen functional groups attached to an aromatic ring is 1. The first-order valence-corrected chi connectivity index (χ1v) is 7.01. The Balaban J connectivity index is 2.18. The van der Waals surface area contributed by atoms with Crippen LogP contribution in [0, 0.1) is 13.8 Å². The van der Waals surface area contributed by atoms with Crippen molar-refractivity contribution in [1.29, 1.82) is 0 Å². The molecular weight excluding hydrogens is 258 g/mol. The van der Waals surface area contributed by atoms with Gasteiger partial charge in [-0.1, -0.05) is 6.07 Å². The molecule has 3 nitrogen and oxygen atoms in total. The third kappa shape index (κ3) is 2.42. The smallest absolute Gasteiger partial charge is 0.0959 e. The van der Waals surface area contributed by atoms with Gasteiger partial charge in [0, 0.05) is 30.0 Å². The minimum atomic E-state index is 0.760. The summed E-state index contributed by atoms with van der Waals surface area (Å²) in [5.41, 5.74) is 12.5. The summed E-state index contributed by atoms with van der Waals surface area (Å²) in [7, 11) is 2.06. The standard InChI is InChI=1S/C18H19N3/c1-12-9-13(2)11-14(10-12)21(3)17-7-6-16(19)15-5-4-8-20-18(15)17/h4-11H,19H2,1-3H3. The zero-order chi connectivity index (χ0) is 15.0. The predicted octanol–water partition coefficient (Wildman–Crippen LogP) is 4.20. The average Bonchev–Trinajstić information content (AvgIpc) is 2.46. The molecule has 0 radical (unpaired) electrons. The van der Waals surface area contributed by atoms with E-state index in [2.05, 4.69) is 49.0 Å². The van der Waals surface area contributed by atoms with Crippen LogP contribution in [-0.2, 0) is 0 Å². The van der Waals surface area contributed by atoms with Crippen LogP contribution in [0.5, 0.6) is 0 Å². The normalized spacial score (nSPS) is 10.8. The summed E-state index contributed by atoms with van der Waals surface area (Å²) >= 11 is 0. The number of aromatic nitrogens is 1. The van der Waals surface area contributed by atoms with Gasteiger partial charge < -0.3 is 10.6 Å². The van der Waals surface area contributed by atoms with Gasteiger partial charge in [0.25, 0.3) is 0 Å². The molecular formula is C18H19N3. The summed E-state index contributed by atoms with van der Waals surface area (Å²) in [5, 5.41) is 0.992. The van der Waals surface area contributed by atoms with Gasteiger partial charge in [-0.15, -0.1) is 0 Å². The monoisotopic (exact) mass is 277 g/mol. The van der Waals surface area contributed by atoms with Crippen molar-refractivity contribution in [2.45, 2.75) is 13.8 Å². The third-order valence-electron chi connectivity index (χ3n) is 3.74. The van der Waals surface area contributed by atoms with Crippen LogP contribution in [0.1, 0.15) is 11.1 Å². The molecule has 0 saturated carbocycles. The molecule has 3 heteroatoms. The lowest BCUT2D eigenvalue weighted by Crippen LogP contribution is -2.11. The maximum atomic E-state index is 6.05. The first-order chi connectivity index (χ1) is 10.1. The van der Waals surface area contributed by atoms with Crippen LogP contribution in [0.15, 0.2) is 48.7 Å². The minimum Gasteiger partial charge on any atom is -0.398 e. The Morgan fingerprint density at radius 2 is 1.71 bits per heavy atom. The zero-order valence-corrected chi connectivity index (χ0v) is 12.6. The molecule has 21 heavy (non-hydrogen) atoms. The number of anilines is 3. The van der Waals surface area contributed by atoms with Crippen molar-refractivity contribution < 1.29 is 0 Å². The van der Waals surface area contributed by atoms with Crippen molar-refractivity contribution in [2.24, 2.45) is 0 Å². The van der Waals surface area contributed by atoms with Crippen LogP contribution >= 0.6 is 0 Å². The molecule has 0 saturated heterocycles. The van der Waals surface area contributed by atoms with E-state index >= 15 is 0 Å². The van der Waals surface area contributed by atoms with E-state index < -0.39 is 0 Å². The molecule has 0 aliphatic heterocycles. The summed E-state index contributed by atoms with van der Waals surface area (Å²) in [6, 6.07) is 14.4. The topological polar surface area (TPSA) is 42.1 Å². The van der Waals surface area contributed by atoms with Gasteiger partial charge in [-0.05, 0) is 61.4 Å². The number of rotatable bonds is 2. The second-order valence-corrected chi connectivity index (χ2v) is 5.48. The van der Waals surface area contributed by atoms with Gasteiger partial charge in [0.2, 0.25) is 0 Å². The fraction of sp³-hybridized carbons (Fsp3) is 0.167. The van der Waals surface area contributed by atoms with Crippen LogP contribution < -0.4 is 10.6 Å². The number of hydrogen-bond acceptors (Lipinski definition) is 3. The van der Waals surface area contributed by atoms with Gasteiger partial charge in [0.05, 0.1) is 11.2 Å². The summed E-state index contributed by atoms with van der Waals surface area (Å²) < 4.78 is 0. The molecule has 0 atom stereocenters. The van der Waals surface area contributed by atoms with Crippen molar-refractivity contribution in [3.05, 3.63) is 59.8 Å². The zero-order valence-electron chi connectivity index (χ0n) is 12.6. The molecule has 1 aromatic heterocycles. The number of aryl methyl sites for hydroxylation is 2. The van der Waals surface area contributed by atoms with Gasteiger partial charge in [0.15, 0.2) is 0 Å². The molecule has 3 rings (SSSR count). The maximum absolute atomic E-state index is 6.05. The van der Waals surface area contributed by atoms with Gasteiger partial charge in [-0.3, -0.25) is 4.98 Å². The van der Waals surface area contributed by atoms with Crippen LogP contribution in [0.4, 0.5) is 17.1 Å². The highest BCUT2D eigenvalue weighted by molar-refractivity contribution is 5.99. The molecule has 106 valence electrons. The Kier molecular flexibility index (Phi) is 3.26. The Labute approximate surface area is 125 Å². The van der Waals surface area contributed by atoms with E-state index in [1.165, 1.54) is 11.1 Å². The van der Waals surface area contributed by atoms with Crippen LogP contribution in [-0.4, -0.2) is 12.0 Å². The molecule has 0 spiro atoms. The van der Waals surface area contributed by atoms with Crippen molar-refractivity contribution in [3.63, 3.8) is 0 Å². The average molecular weight is 277 g/mol. The van der Waals surface area contributed by atoms with Gasteiger partial charge in [0.1, 0.15) is 0 Å².